The molecule has 0 bridgehead atoms. The molecule has 0 amide bonds. The summed E-state index contributed by atoms with van der Waals surface area (Å²) < 4.78 is 3.00. The standard InChI is InChI=1S/C20H15N7OS/c1-12-7-8-16(13(2)11-12)26-19(28)14-5-3-4-6-15(14)21-20(26)29-18-10-9-17-22-24-25-27(17)23-18/h3-11H,1-2H3. The lowest BCUT2D eigenvalue weighted by Gasteiger charge is -2.15. The summed E-state index contributed by atoms with van der Waals surface area (Å²) in [6.45, 7) is 4.02. The quantitative estimate of drug-likeness (QED) is 0.429. The number of rotatable bonds is 3. The molecule has 0 aliphatic heterocycles. The van der Waals surface area contributed by atoms with Gasteiger partial charge in [-0.05, 0) is 71.9 Å². The van der Waals surface area contributed by atoms with Crippen molar-refractivity contribution < 1.29 is 0 Å². The van der Waals surface area contributed by atoms with Crippen molar-refractivity contribution in [1.82, 2.24) is 34.8 Å². The van der Waals surface area contributed by atoms with Crippen LogP contribution in [0.15, 0.2) is 69.6 Å². The van der Waals surface area contributed by atoms with E-state index < -0.39 is 0 Å². The van der Waals surface area contributed by atoms with Gasteiger partial charge in [0.25, 0.3) is 5.56 Å². The van der Waals surface area contributed by atoms with Crippen LogP contribution in [0.3, 0.4) is 0 Å². The number of aryl methyl sites for hydroxylation is 2. The van der Waals surface area contributed by atoms with Gasteiger partial charge >= 0.3 is 0 Å². The Kier molecular flexibility index (Phi) is 4.09. The van der Waals surface area contributed by atoms with Crippen LogP contribution in [0.2, 0.25) is 0 Å². The normalized spacial score (nSPS) is 11.4. The molecule has 0 atom stereocenters. The Labute approximate surface area is 169 Å². The summed E-state index contributed by atoms with van der Waals surface area (Å²) in [6.07, 6.45) is 0. The van der Waals surface area contributed by atoms with Gasteiger partial charge in [0.1, 0.15) is 5.03 Å². The molecule has 0 spiro atoms. The van der Waals surface area contributed by atoms with Crippen LogP contribution in [0.4, 0.5) is 0 Å². The van der Waals surface area contributed by atoms with E-state index in [4.69, 9.17) is 4.98 Å². The molecule has 29 heavy (non-hydrogen) atoms. The van der Waals surface area contributed by atoms with E-state index in [-0.39, 0.29) is 5.56 Å². The van der Waals surface area contributed by atoms with Crippen molar-refractivity contribution in [3.63, 3.8) is 0 Å². The fourth-order valence-electron chi connectivity index (χ4n) is 3.23. The van der Waals surface area contributed by atoms with Crippen molar-refractivity contribution in [2.24, 2.45) is 0 Å². The predicted molar refractivity (Wildman–Crippen MR) is 110 cm³/mol. The minimum atomic E-state index is -0.117. The Morgan fingerprint density at radius 2 is 1.86 bits per heavy atom. The molecule has 0 saturated heterocycles. The molecule has 0 fully saturated rings. The first kappa shape index (κ1) is 17.5. The van der Waals surface area contributed by atoms with E-state index >= 15 is 0 Å². The highest BCUT2D eigenvalue weighted by atomic mass is 32.2. The molecule has 0 aliphatic carbocycles. The second kappa shape index (κ2) is 6.78. The zero-order valence-corrected chi connectivity index (χ0v) is 16.5. The van der Waals surface area contributed by atoms with Gasteiger partial charge in [-0.1, -0.05) is 29.8 Å². The molecular weight excluding hydrogens is 386 g/mol. The fourth-order valence-corrected chi connectivity index (χ4v) is 4.09. The molecule has 0 N–H and O–H groups in total. The summed E-state index contributed by atoms with van der Waals surface area (Å²) in [5, 5.41) is 17.4. The number of fused-ring (bicyclic) bond motifs is 2. The number of benzene rings is 2. The maximum atomic E-state index is 13.4. The number of para-hydroxylation sites is 1. The third-order valence-corrected chi connectivity index (χ3v) is 5.46. The van der Waals surface area contributed by atoms with Crippen molar-refractivity contribution in [2.75, 3.05) is 0 Å². The molecule has 0 aliphatic rings. The summed E-state index contributed by atoms with van der Waals surface area (Å²) in [4.78, 5) is 18.2. The first-order valence-electron chi connectivity index (χ1n) is 8.93. The van der Waals surface area contributed by atoms with E-state index in [2.05, 4.69) is 26.7 Å². The highest BCUT2D eigenvalue weighted by molar-refractivity contribution is 7.99. The first-order valence-corrected chi connectivity index (χ1v) is 9.74. The molecule has 0 unspecified atom stereocenters. The van der Waals surface area contributed by atoms with E-state index in [1.165, 1.54) is 16.4 Å². The number of hydrogen-bond acceptors (Lipinski definition) is 7. The lowest BCUT2D eigenvalue weighted by molar-refractivity contribution is 0.700. The SMILES string of the molecule is Cc1ccc(-n2c(Sc3ccc4nnnn4n3)nc3ccccc3c2=O)c(C)c1. The molecule has 142 valence electrons. The van der Waals surface area contributed by atoms with E-state index in [0.717, 1.165) is 16.8 Å². The average Bonchev–Trinajstić information content (AvgIpc) is 3.17. The maximum absolute atomic E-state index is 13.4. The van der Waals surface area contributed by atoms with Crippen LogP contribution in [0.1, 0.15) is 11.1 Å². The summed E-state index contributed by atoms with van der Waals surface area (Å²) >= 11 is 1.29. The number of tetrazole rings is 1. The Bertz CT molecular complexity index is 1440. The van der Waals surface area contributed by atoms with Crippen molar-refractivity contribution >= 4 is 28.3 Å². The average molecular weight is 401 g/mol. The topological polar surface area (TPSA) is 90.9 Å². The summed E-state index contributed by atoms with van der Waals surface area (Å²) in [5.74, 6) is 0. The van der Waals surface area contributed by atoms with Crippen LogP contribution in [0.25, 0.3) is 22.2 Å². The smallest absolute Gasteiger partial charge is 0.266 e. The van der Waals surface area contributed by atoms with Crippen LogP contribution in [0, 0.1) is 13.8 Å². The van der Waals surface area contributed by atoms with Gasteiger partial charge in [0.2, 0.25) is 0 Å². The van der Waals surface area contributed by atoms with Crippen LogP contribution < -0.4 is 5.56 Å². The van der Waals surface area contributed by atoms with E-state index in [0.29, 0.717) is 26.7 Å². The Hall–Kier alpha value is -3.59. The monoisotopic (exact) mass is 401 g/mol. The van der Waals surface area contributed by atoms with Gasteiger partial charge in [-0.15, -0.1) is 14.8 Å². The van der Waals surface area contributed by atoms with E-state index in [9.17, 15) is 4.79 Å². The van der Waals surface area contributed by atoms with Gasteiger partial charge in [0, 0.05) is 0 Å². The number of hydrogen-bond donors (Lipinski definition) is 0. The lowest BCUT2D eigenvalue weighted by atomic mass is 10.1. The van der Waals surface area contributed by atoms with Crippen LogP contribution in [-0.2, 0) is 0 Å². The lowest BCUT2D eigenvalue weighted by Crippen LogP contribution is -2.22. The second-order valence-corrected chi connectivity index (χ2v) is 7.63. The molecule has 8 nitrogen and oxygen atoms in total. The van der Waals surface area contributed by atoms with Gasteiger partial charge in [-0.3, -0.25) is 9.36 Å². The second-order valence-electron chi connectivity index (χ2n) is 6.64. The summed E-state index contributed by atoms with van der Waals surface area (Å²) in [5.41, 5.74) is 4.00. The minimum absolute atomic E-state index is 0.117. The third-order valence-electron chi connectivity index (χ3n) is 4.58. The van der Waals surface area contributed by atoms with Crippen molar-refractivity contribution in [1.29, 1.82) is 0 Å². The first-order chi connectivity index (χ1) is 14.1. The third kappa shape index (κ3) is 3.05. The maximum Gasteiger partial charge on any atom is 0.266 e. The van der Waals surface area contributed by atoms with Crippen molar-refractivity contribution in [2.45, 2.75) is 24.0 Å². The molecular formula is C20H15N7OS. The van der Waals surface area contributed by atoms with E-state index in [1.807, 2.05) is 50.2 Å². The largest absolute Gasteiger partial charge is 0.268 e. The highest BCUT2D eigenvalue weighted by Crippen LogP contribution is 2.28. The molecule has 3 aromatic heterocycles. The van der Waals surface area contributed by atoms with Gasteiger partial charge in [0.05, 0.1) is 16.6 Å². The summed E-state index contributed by atoms with van der Waals surface area (Å²) in [6, 6.07) is 16.9. The molecule has 2 aromatic carbocycles. The highest BCUT2D eigenvalue weighted by Gasteiger charge is 2.16. The molecule has 5 aromatic rings. The molecule has 3 heterocycles. The van der Waals surface area contributed by atoms with Gasteiger partial charge in [0.15, 0.2) is 10.8 Å². The van der Waals surface area contributed by atoms with Crippen LogP contribution in [0.5, 0.6) is 0 Å². The van der Waals surface area contributed by atoms with Gasteiger partial charge in [-0.2, -0.15) is 0 Å². The van der Waals surface area contributed by atoms with Crippen molar-refractivity contribution in [3.05, 3.63) is 76.1 Å². The van der Waals surface area contributed by atoms with Gasteiger partial charge < -0.3 is 0 Å². The van der Waals surface area contributed by atoms with Gasteiger partial charge in [-0.25, -0.2) is 4.98 Å². The minimum Gasteiger partial charge on any atom is -0.268 e. The Balaban J connectivity index is 1.75. The number of aromatic nitrogens is 7. The predicted octanol–water partition coefficient (Wildman–Crippen LogP) is 2.99. The Morgan fingerprint density at radius 3 is 2.72 bits per heavy atom. The fraction of sp³-hybridized carbons (Fsp3) is 0.100. The number of nitrogens with zero attached hydrogens (tertiary/aromatic N) is 7. The molecule has 0 radical (unpaired) electrons. The Morgan fingerprint density at radius 1 is 1.00 bits per heavy atom. The van der Waals surface area contributed by atoms with E-state index in [1.54, 1.807) is 16.7 Å². The zero-order valence-electron chi connectivity index (χ0n) is 15.6. The molecule has 0 saturated carbocycles. The summed E-state index contributed by atoms with van der Waals surface area (Å²) in [7, 11) is 0. The van der Waals surface area contributed by atoms with Crippen LogP contribution >= 0.6 is 11.8 Å². The van der Waals surface area contributed by atoms with Crippen molar-refractivity contribution in [3.8, 4) is 5.69 Å². The molecule has 5 rings (SSSR count). The zero-order chi connectivity index (χ0) is 20.0. The van der Waals surface area contributed by atoms with Crippen LogP contribution in [-0.4, -0.2) is 34.8 Å². The molecule has 9 heteroatoms.